The van der Waals surface area contributed by atoms with Crippen LogP contribution in [0.3, 0.4) is 0 Å². The van der Waals surface area contributed by atoms with Gasteiger partial charge in [-0.3, -0.25) is 4.79 Å². The van der Waals surface area contributed by atoms with Crippen LogP contribution in [-0.4, -0.2) is 16.1 Å². The number of pyridine rings is 1. The molecule has 0 saturated carbocycles. The Hall–Kier alpha value is -2.36. The van der Waals surface area contributed by atoms with Crippen LogP contribution in [0.2, 0.25) is 0 Å². The lowest BCUT2D eigenvalue weighted by Crippen LogP contribution is -2.20. The fourth-order valence-electron chi connectivity index (χ4n) is 4.03. The van der Waals surface area contributed by atoms with Crippen molar-refractivity contribution in [2.75, 3.05) is 0 Å². The van der Waals surface area contributed by atoms with Gasteiger partial charge in [0.2, 0.25) is 0 Å². The minimum Gasteiger partial charge on any atom is -0.478 e. The molecule has 0 radical (unpaired) electrons. The molecule has 0 saturated heterocycles. The van der Waals surface area contributed by atoms with E-state index in [9.17, 15) is 14.7 Å². The van der Waals surface area contributed by atoms with Gasteiger partial charge in [0.1, 0.15) is 0 Å². The summed E-state index contributed by atoms with van der Waals surface area (Å²) in [5.74, 6) is -0.882. The highest BCUT2D eigenvalue weighted by atomic mass is 16.4. The molecule has 3 rings (SSSR count). The van der Waals surface area contributed by atoms with Crippen molar-refractivity contribution in [2.24, 2.45) is 0 Å². The standard InChI is InChI=1S/C22H27NO3/c1-3-5-10-15-16(22(25)26)11-6-7-12-18-20(15)21(24)19-14(4-2)9-8-13-17(19)23-18/h8-9,13H,3-7,10-12H2,1-2H3,(H,23,24)(H,25,26). The number of aliphatic carboxylic acids is 1. The number of fused-ring (bicyclic) bond motifs is 2. The smallest absolute Gasteiger partial charge is 0.331 e. The molecule has 1 aromatic heterocycles. The number of hydrogen-bond acceptors (Lipinski definition) is 2. The van der Waals surface area contributed by atoms with Gasteiger partial charge in [0.25, 0.3) is 0 Å². The van der Waals surface area contributed by atoms with E-state index in [1.807, 2.05) is 25.1 Å². The summed E-state index contributed by atoms with van der Waals surface area (Å²) in [6, 6.07) is 5.91. The number of aromatic amines is 1. The first-order chi connectivity index (χ1) is 12.6. The summed E-state index contributed by atoms with van der Waals surface area (Å²) in [5.41, 5.74) is 4.59. The van der Waals surface area contributed by atoms with Crippen molar-refractivity contribution in [3.05, 3.63) is 50.8 Å². The third-order valence-electron chi connectivity index (χ3n) is 5.38. The number of carboxylic acids is 1. The SMILES string of the molecule is CCCCC1=C(C(=O)O)CCCCc2[nH]c3cccc(CC)c3c(=O)c21. The Balaban J connectivity index is 2.38. The second-order valence-corrected chi connectivity index (χ2v) is 7.07. The number of carbonyl (C=O) groups is 1. The van der Waals surface area contributed by atoms with Crippen LogP contribution in [0.1, 0.15) is 69.2 Å². The van der Waals surface area contributed by atoms with Gasteiger partial charge in [-0.1, -0.05) is 32.4 Å². The quantitative estimate of drug-likeness (QED) is 0.807. The second-order valence-electron chi connectivity index (χ2n) is 7.07. The van der Waals surface area contributed by atoms with Crippen molar-refractivity contribution in [3.8, 4) is 0 Å². The number of nitrogens with one attached hydrogen (secondary N) is 1. The number of unbranched alkanes of at least 4 members (excludes halogenated alkanes) is 1. The molecule has 0 amide bonds. The number of rotatable bonds is 5. The molecule has 138 valence electrons. The van der Waals surface area contributed by atoms with E-state index in [1.54, 1.807) is 0 Å². The van der Waals surface area contributed by atoms with E-state index in [0.29, 0.717) is 29.4 Å². The largest absolute Gasteiger partial charge is 0.478 e. The molecule has 0 bridgehead atoms. The molecule has 2 N–H and O–H groups in total. The van der Waals surface area contributed by atoms with Crippen molar-refractivity contribution in [2.45, 2.75) is 65.2 Å². The van der Waals surface area contributed by atoms with E-state index in [-0.39, 0.29) is 5.43 Å². The highest BCUT2D eigenvalue weighted by Gasteiger charge is 2.24. The molecule has 0 fully saturated rings. The maximum atomic E-state index is 13.5. The van der Waals surface area contributed by atoms with E-state index in [1.165, 1.54) is 0 Å². The summed E-state index contributed by atoms with van der Waals surface area (Å²) >= 11 is 0. The van der Waals surface area contributed by atoms with Crippen molar-refractivity contribution < 1.29 is 9.90 Å². The lowest BCUT2D eigenvalue weighted by Gasteiger charge is -2.20. The molecule has 26 heavy (non-hydrogen) atoms. The highest BCUT2D eigenvalue weighted by molar-refractivity contribution is 5.98. The number of carboxylic acid groups (broad SMARTS) is 1. The predicted octanol–water partition coefficient (Wildman–Crippen LogP) is 4.85. The van der Waals surface area contributed by atoms with Crippen LogP contribution in [0.15, 0.2) is 28.6 Å². The maximum absolute atomic E-state index is 13.5. The zero-order valence-electron chi connectivity index (χ0n) is 15.7. The van der Waals surface area contributed by atoms with Crippen LogP contribution in [0, 0.1) is 0 Å². The molecule has 0 unspecified atom stereocenters. The zero-order chi connectivity index (χ0) is 18.7. The molecule has 4 heteroatoms. The number of aryl methyl sites for hydroxylation is 2. The zero-order valence-corrected chi connectivity index (χ0v) is 15.7. The third kappa shape index (κ3) is 3.33. The summed E-state index contributed by atoms with van der Waals surface area (Å²) < 4.78 is 0. The van der Waals surface area contributed by atoms with Crippen molar-refractivity contribution in [3.63, 3.8) is 0 Å². The van der Waals surface area contributed by atoms with Crippen LogP contribution in [-0.2, 0) is 17.6 Å². The van der Waals surface area contributed by atoms with Crippen LogP contribution < -0.4 is 5.43 Å². The summed E-state index contributed by atoms with van der Waals surface area (Å²) in [5, 5.41) is 10.5. The third-order valence-corrected chi connectivity index (χ3v) is 5.38. The monoisotopic (exact) mass is 353 g/mol. The molecule has 1 heterocycles. The van der Waals surface area contributed by atoms with E-state index < -0.39 is 5.97 Å². The van der Waals surface area contributed by atoms with Gasteiger partial charge in [-0.15, -0.1) is 0 Å². The summed E-state index contributed by atoms with van der Waals surface area (Å²) in [4.78, 5) is 28.9. The van der Waals surface area contributed by atoms with Crippen LogP contribution >= 0.6 is 0 Å². The Labute approximate surface area is 153 Å². The molecule has 1 aliphatic carbocycles. The molecular weight excluding hydrogens is 326 g/mol. The van der Waals surface area contributed by atoms with Crippen LogP contribution in [0.25, 0.3) is 16.5 Å². The molecule has 2 aromatic rings. The van der Waals surface area contributed by atoms with E-state index in [4.69, 9.17) is 0 Å². The molecule has 0 atom stereocenters. The van der Waals surface area contributed by atoms with Gasteiger partial charge < -0.3 is 10.1 Å². The van der Waals surface area contributed by atoms with Crippen LogP contribution in [0.4, 0.5) is 0 Å². The Morgan fingerprint density at radius 2 is 1.96 bits per heavy atom. The van der Waals surface area contributed by atoms with Crippen molar-refractivity contribution in [1.29, 1.82) is 0 Å². The molecule has 0 spiro atoms. The summed E-state index contributed by atoms with van der Waals surface area (Å²) in [7, 11) is 0. The Kier molecular flexibility index (Phi) is 5.60. The fourth-order valence-corrected chi connectivity index (χ4v) is 4.03. The predicted molar refractivity (Wildman–Crippen MR) is 106 cm³/mol. The van der Waals surface area contributed by atoms with Gasteiger partial charge in [0.15, 0.2) is 5.43 Å². The topological polar surface area (TPSA) is 70.2 Å². The average molecular weight is 353 g/mol. The molecule has 1 aliphatic rings. The lowest BCUT2D eigenvalue weighted by atomic mass is 9.86. The highest BCUT2D eigenvalue weighted by Crippen LogP contribution is 2.32. The second kappa shape index (κ2) is 7.90. The van der Waals surface area contributed by atoms with Gasteiger partial charge >= 0.3 is 5.97 Å². The lowest BCUT2D eigenvalue weighted by molar-refractivity contribution is -0.132. The van der Waals surface area contributed by atoms with Crippen molar-refractivity contribution in [1.82, 2.24) is 4.98 Å². The van der Waals surface area contributed by atoms with Gasteiger partial charge in [0, 0.05) is 27.7 Å². The fraction of sp³-hybridized carbons (Fsp3) is 0.455. The van der Waals surface area contributed by atoms with Crippen molar-refractivity contribution >= 4 is 22.4 Å². The molecular formula is C22H27NO3. The van der Waals surface area contributed by atoms with Crippen LogP contribution in [0.5, 0.6) is 0 Å². The summed E-state index contributed by atoms with van der Waals surface area (Å²) in [6.07, 6.45) is 6.34. The summed E-state index contributed by atoms with van der Waals surface area (Å²) in [6.45, 7) is 4.13. The average Bonchev–Trinajstić information content (AvgIpc) is 2.61. The minimum atomic E-state index is -0.882. The Morgan fingerprint density at radius 3 is 2.65 bits per heavy atom. The maximum Gasteiger partial charge on any atom is 0.331 e. The first-order valence-electron chi connectivity index (χ1n) is 9.70. The normalized spacial score (nSPS) is 14.8. The molecule has 4 nitrogen and oxygen atoms in total. The minimum absolute atomic E-state index is 0.00190. The van der Waals surface area contributed by atoms with Gasteiger partial charge in [-0.05, 0) is 62.1 Å². The van der Waals surface area contributed by atoms with Gasteiger partial charge in [-0.25, -0.2) is 4.79 Å². The van der Waals surface area contributed by atoms with Gasteiger partial charge in [-0.2, -0.15) is 0 Å². The number of benzene rings is 1. The van der Waals surface area contributed by atoms with E-state index in [0.717, 1.165) is 60.9 Å². The number of H-pyrrole nitrogens is 1. The molecule has 1 aromatic carbocycles. The Morgan fingerprint density at radius 1 is 1.19 bits per heavy atom. The van der Waals surface area contributed by atoms with E-state index in [2.05, 4.69) is 11.9 Å². The first kappa shape index (κ1) is 18.4. The first-order valence-corrected chi connectivity index (χ1v) is 9.70. The number of aromatic nitrogens is 1. The molecule has 0 aliphatic heterocycles. The number of hydrogen-bond donors (Lipinski definition) is 2. The van der Waals surface area contributed by atoms with E-state index >= 15 is 0 Å². The van der Waals surface area contributed by atoms with Gasteiger partial charge in [0.05, 0.1) is 0 Å². The number of allylic oxidation sites excluding steroid dienone is 1. The Bertz CT molecular complexity index is 921.